The molecule has 0 saturated heterocycles. The molecule has 0 fully saturated rings. The van der Waals surface area contributed by atoms with E-state index in [1.807, 2.05) is 20.8 Å². The Kier molecular flexibility index (Phi) is 4.36. The summed E-state index contributed by atoms with van der Waals surface area (Å²) in [5, 5.41) is 3.99. The van der Waals surface area contributed by atoms with Crippen LogP contribution < -0.4 is 5.32 Å². The highest BCUT2D eigenvalue weighted by Crippen LogP contribution is 2.22. The van der Waals surface area contributed by atoms with Gasteiger partial charge in [0.05, 0.1) is 16.6 Å². The van der Waals surface area contributed by atoms with E-state index in [0.717, 1.165) is 0 Å². The van der Waals surface area contributed by atoms with Gasteiger partial charge in [0.1, 0.15) is 0 Å². The summed E-state index contributed by atoms with van der Waals surface area (Å²) in [6, 6.07) is 4.91. The van der Waals surface area contributed by atoms with Gasteiger partial charge in [-0.15, -0.1) is 0 Å². The summed E-state index contributed by atoms with van der Waals surface area (Å²) in [6.07, 6.45) is 0. The number of hydrogen-bond acceptors (Lipinski definition) is 2. The molecule has 1 aromatic rings. The van der Waals surface area contributed by atoms with Crippen molar-refractivity contribution in [2.75, 3.05) is 6.54 Å². The number of halogens is 2. The van der Waals surface area contributed by atoms with Crippen LogP contribution in [-0.4, -0.2) is 17.9 Å². The molecular formula is C12H15Cl2NO. The molecule has 0 spiro atoms. The number of nitrogens with one attached hydrogen (secondary N) is 1. The third-order valence-electron chi connectivity index (χ3n) is 2.02. The van der Waals surface area contributed by atoms with Gasteiger partial charge in [-0.1, -0.05) is 23.2 Å². The van der Waals surface area contributed by atoms with Gasteiger partial charge in [0.15, 0.2) is 5.78 Å². The van der Waals surface area contributed by atoms with E-state index >= 15 is 0 Å². The Labute approximate surface area is 106 Å². The Hall–Kier alpha value is -0.570. The van der Waals surface area contributed by atoms with Crippen molar-refractivity contribution in [1.82, 2.24) is 5.32 Å². The first kappa shape index (κ1) is 13.5. The monoisotopic (exact) mass is 259 g/mol. The van der Waals surface area contributed by atoms with Gasteiger partial charge in [0, 0.05) is 11.1 Å². The van der Waals surface area contributed by atoms with Crippen LogP contribution >= 0.6 is 23.2 Å². The number of benzene rings is 1. The number of carbonyl (C=O) groups is 1. The van der Waals surface area contributed by atoms with Crippen molar-refractivity contribution in [1.29, 1.82) is 0 Å². The Bertz CT molecular complexity index is 396. The molecule has 0 unspecified atom stereocenters. The molecule has 0 aliphatic heterocycles. The van der Waals surface area contributed by atoms with E-state index in [2.05, 4.69) is 5.32 Å². The SMILES string of the molecule is CC(C)(C)NCC(=O)c1ccc(Cl)c(Cl)c1. The van der Waals surface area contributed by atoms with E-state index in [4.69, 9.17) is 23.2 Å². The first-order valence-electron chi connectivity index (χ1n) is 5.03. The van der Waals surface area contributed by atoms with Gasteiger partial charge in [-0.25, -0.2) is 0 Å². The number of carbonyl (C=O) groups excluding carboxylic acids is 1. The van der Waals surface area contributed by atoms with Crippen molar-refractivity contribution in [2.24, 2.45) is 0 Å². The fourth-order valence-corrected chi connectivity index (χ4v) is 1.42. The molecule has 0 amide bonds. The lowest BCUT2D eigenvalue weighted by molar-refractivity contribution is 0.0982. The Morgan fingerprint density at radius 3 is 2.38 bits per heavy atom. The molecule has 1 rings (SSSR count). The molecule has 0 heterocycles. The van der Waals surface area contributed by atoms with E-state index in [1.54, 1.807) is 18.2 Å². The van der Waals surface area contributed by atoms with Gasteiger partial charge in [0.25, 0.3) is 0 Å². The first-order chi connectivity index (χ1) is 7.29. The van der Waals surface area contributed by atoms with E-state index < -0.39 is 0 Å². The minimum atomic E-state index is -0.0775. The number of rotatable bonds is 3. The summed E-state index contributed by atoms with van der Waals surface area (Å²) in [5.74, 6) is 0.00786. The summed E-state index contributed by atoms with van der Waals surface area (Å²) in [6.45, 7) is 6.32. The zero-order chi connectivity index (χ0) is 12.3. The van der Waals surface area contributed by atoms with Crippen molar-refractivity contribution in [3.63, 3.8) is 0 Å². The van der Waals surface area contributed by atoms with Crippen LogP contribution in [0.4, 0.5) is 0 Å². The van der Waals surface area contributed by atoms with E-state index in [9.17, 15) is 4.79 Å². The molecule has 0 atom stereocenters. The zero-order valence-corrected chi connectivity index (χ0v) is 11.1. The largest absolute Gasteiger partial charge is 0.305 e. The molecule has 0 aliphatic rings. The van der Waals surface area contributed by atoms with Crippen molar-refractivity contribution >= 4 is 29.0 Å². The highest BCUT2D eigenvalue weighted by atomic mass is 35.5. The van der Waals surface area contributed by atoms with Crippen LogP contribution in [0.25, 0.3) is 0 Å². The van der Waals surface area contributed by atoms with Gasteiger partial charge in [-0.05, 0) is 39.0 Å². The average molecular weight is 260 g/mol. The maximum absolute atomic E-state index is 11.8. The zero-order valence-electron chi connectivity index (χ0n) is 9.60. The molecule has 0 saturated carbocycles. The fraction of sp³-hybridized carbons (Fsp3) is 0.417. The normalized spacial score (nSPS) is 11.6. The lowest BCUT2D eigenvalue weighted by Crippen LogP contribution is -2.39. The predicted molar refractivity (Wildman–Crippen MR) is 68.5 cm³/mol. The third kappa shape index (κ3) is 4.12. The van der Waals surface area contributed by atoms with Gasteiger partial charge >= 0.3 is 0 Å². The quantitative estimate of drug-likeness (QED) is 0.842. The van der Waals surface area contributed by atoms with E-state index in [0.29, 0.717) is 22.2 Å². The minimum Gasteiger partial charge on any atom is -0.305 e. The predicted octanol–water partition coefficient (Wildman–Crippen LogP) is 3.56. The van der Waals surface area contributed by atoms with Crippen molar-refractivity contribution in [3.05, 3.63) is 33.8 Å². The summed E-state index contributed by atoms with van der Waals surface area (Å²) in [4.78, 5) is 11.8. The third-order valence-corrected chi connectivity index (χ3v) is 2.76. The number of hydrogen-bond donors (Lipinski definition) is 1. The highest BCUT2D eigenvalue weighted by Gasteiger charge is 2.13. The molecule has 88 valence electrons. The van der Waals surface area contributed by atoms with Gasteiger partial charge in [0.2, 0.25) is 0 Å². The molecule has 2 nitrogen and oxygen atoms in total. The number of Topliss-reactive ketones (excluding diaryl/α,β-unsaturated/α-hetero) is 1. The van der Waals surface area contributed by atoms with Crippen LogP contribution in [0.5, 0.6) is 0 Å². The van der Waals surface area contributed by atoms with E-state index in [-0.39, 0.29) is 11.3 Å². The Morgan fingerprint density at radius 1 is 1.25 bits per heavy atom. The molecule has 0 bridgehead atoms. The molecule has 1 N–H and O–H groups in total. The highest BCUT2D eigenvalue weighted by molar-refractivity contribution is 6.42. The standard InChI is InChI=1S/C12H15Cl2NO/c1-12(2,3)15-7-11(16)8-4-5-9(13)10(14)6-8/h4-6,15H,7H2,1-3H3. The molecule has 4 heteroatoms. The van der Waals surface area contributed by atoms with Gasteiger partial charge in [-0.2, -0.15) is 0 Å². The van der Waals surface area contributed by atoms with Crippen LogP contribution in [-0.2, 0) is 0 Å². The fourth-order valence-electron chi connectivity index (χ4n) is 1.12. The Balaban J connectivity index is 2.70. The van der Waals surface area contributed by atoms with Crippen molar-refractivity contribution in [3.8, 4) is 0 Å². The van der Waals surface area contributed by atoms with Crippen molar-refractivity contribution < 1.29 is 4.79 Å². The van der Waals surface area contributed by atoms with Crippen LogP contribution in [0.2, 0.25) is 10.0 Å². The lowest BCUT2D eigenvalue weighted by Gasteiger charge is -2.19. The molecular weight excluding hydrogens is 245 g/mol. The topological polar surface area (TPSA) is 29.1 Å². The molecule has 1 aromatic carbocycles. The summed E-state index contributed by atoms with van der Waals surface area (Å²) in [5.41, 5.74) is 0.498. The maximum atomic E-state index is 11.8. The van der Waals surface area contributed by atoms with Crippen LogP contribution in [0.15, 0.2) is 18.2 Å². The molecule has 0 aromatic heterocycles. The maximum Gasteiger partial charge on any atom is 0.176 e. The summed E-state index contributed by atoms with van der Waals surface area (Å²) in [7, 11) is 0. The summed E-state index contributed by atoms with van der Waals surface area (Å²) >= 11 is 11.6. The van der Waals surface area contributed by atoms with E-state index in [1.165, 1.54) is 0 Å². The lowest BCUT2D eigenvalue weighted by atomic mass is 10.1. The van der Waals surface area contributed by atoms with Crippen LogP contribution in [0, 0.1) is 0 Å². The minimum absolute atomic E-state index is 0.00786. The first-order valence-corrected chi connectivity index (χ1v) is 5.78. The molecule has 16 heavy (non-hydrogen) atoms. The average Bonchev–Trinajstić information content (AvgIpc) is 2.17. The Morgan fingerprint density at radius 2 is 1.88 bits per heavy atom. The second-order valence-corrected chi connectivity index (χ2v) is 5.47. The summed E-state index contributed by atoms with van der Waals surface area (Å²) < 4.78 is 0. The van der Waals surface area contributed by atoms with Gasteiger partial charge < -0.3 is 5.32 Å². The molecule has 0 radical (unpaired) electrons. The van der Waals surface area contributed by atoms with Crippen LogP contribution in [0.1, 0.15) is 31.1 Å². The smallest absolute Gasteiger partial charge is 0.176 e. The second-order valence-electron chi connectivity index (χ2n) is 4.66. The molecule has 0 aliphatic carbocycles. The van der Waals surface area contributed by atoms with Crippen molar-refractivity contribution in [2.45, 2.75) is 26.3 Å². The van der Waals surface area contributed by atoms with Gasteiger partial charge in [-0.3, -0.25) is 4.79 Å². The number of ketones is 1. The second kappa shape index (κ2) is 5.17. The van der Waals surface area contributed by atoms with Crippen LogP contribution in [0.3, 0.4) is 0 Å².